The minimum atomic E-state index is 0.743. The van der Waals surface area contributed by atoms with Gasteiger partial charge >= 0.3 is 0 Å². The molecule has 156 valence electrons. The molecule has 0 atom stereocenters. The van der Waals surface area contributed by atoms with Crippen molar-refractivity contribution >= 4 is 49.2 Å². The van der Waals surface area contributed by atoms with E-state index in [1.165, 1.54) is 10.8 Å². The van der Waals surface area contributed by atoms with Gasteiger partial charge in [-0.2, -0.15) is 0 Å². The first-order chi connectivity index (χ1) is 16.3. The second kappa shape index (κ2) is 6.71. The summed E-state index contributed by atoms with van der Waals surface area (Å²) in [5, 5.41) is 5.71. The third-order valence-electron chi connectivity index (χ3n) is 6.49. The van der Waals surface area contributed by atoms with E-state index in [4.69, 9.17) is 10.7 Å². The van der Waals surface area contributed by atoms with E-state index in [0.717, 1.165) is 61.0 Å². The summed E-state index contributed by atoms with van der Waals surface area (Å²) in [6, 6.07) is 33.4. The molecule has 0 aliphatic carbocycles. The standard InChI is InChI=1S/C29H20N4/c30-18-14-15-20-19-10-4-5-11-21(19)27-28(23(20)16-18)33-29(32-27)25-22-12-6-7-13-24(22)31-26(25)17-8-2-1-3-9-17/h1-16,31H,30H2,(H,32,33). The van der Waals surface area contributed by atoms with E-state index in [1.54, 1.807) is 0 Å². The molecule has 2 aromatic heterocycles. The van der Waals surface area contributed by atoms with Gasteiger partial charge in [0.1, 0.15) is 5.82 Å². The molecule has 0 aliphatic rings. The Hall–Kier alpha value is -4.57. The molecule has 0 unspecified atom stereocenters. The van der Waals surface area contributed by atoms with Gasteiger partial charge in [-0.05, 0) is 34.5 Å². The quantitative estimate of drug-likeness (QED) is 0.202. The lowest BCUT2D eigenvalue weighted by Crippen LogP contribution is -1.86. The topological polar surface area (TPSA) is 70.5 Å². The monoisotopic (exact) mass is 424 g/mol. The summed E-state index contributed by atoms with van der Waals surface area (Å²) < 4.78 is 0. The number of benzene rings is 5. The fourth-order valence-electron chi connectivity index (χ4n) is 5.02. The Morgan fingerprint density at radius 3 is 2.15 bits per heavy atom. The molecule has 4 heteroatoms. The minimum Gasteiger partial charge on any atom is -0.399 e. The average molecular weight is 425 g/mol. The molecular formula is C29H20N4. The van der Waals surface area contributed by atoms with Crippen molar-refractivity contribution in [3.8, 4) is 22.6 Å². The van der Waals surface area contributed by atoms with Gasteiger partial charge in [0.15, 0.2) is 0 Å². The Morgan fingerprint density at radius 1 is 0.606 bits per heavy atom. The van der Waals surface area contributed by atoms with Crippen molar-refractivity contribution < 1.29 is 0 Å². The molecule has 0 fully saturated rings. The highest BCUT2D eigenvalue weighted by Gasteiger charge is 2.20. The largest absolute Gasteiger partial charge is 0.399 e. The van der Waals surface area contributed by atoms with Crippen molar-refractivity contribution in [2.45, 2.75) is 0 Å². The maximum Gasteiger partial charge on any atom is 0.141 e. The Kier molecular flexibility index (Phi) is 3.67. The van der Waals surface area contributed by atoms with E-state index >= 15 is 0 Å². The molecule has 0 saturated carbocycles. The molecule has 0 saturated heterocycles. The normalized spacial score (nSPS) is 11.8. The number of hydrogen-bond donors (Lipinski definition) is 3. The van der Waals surface area contributed by atoms with E-state index in [0.29, 0.717) is 0 Å². The summed E-state index contributed by atoms with van der Waals surface area (Å²) in [5.74, 6) is 0.849. The van der Waals surface area contributed by atoms with Crippen molar-refractivity contribution in [2.24, 2.45) is 0 Å². The highest BCUT2D eigenvalue weighted by atomic mass is 14.9. The molecule has 33 heavy (non-hydrogen) atoms. The Morgan fingerprint density at radius 2 is 1.30 bits per heavy atom. The van der Waals surface area contributed by atoms with E-state index in [2.05, 4.69) is 88.8 Å². The van der Waals surface area contributed by atoms with Crippen LogP contribution in [0.25, 0.3) is 66.1 Å². The lowest BCUT2D eigenvalue weighted by Gasteiger charge is -2.06. The molecule has 5 aromatic carbocycles. The van der Waals surface area contributed by atoms with E-state index in [9.17, 15) is 0 Å². The molecule has 4 nitrogen and oxygen atoms in total. The Bertz CT molecular complexity index is 1820. The van der Waals surface area contributed by atoms with Gasteiger partial charge in [-0.3, -0.25) is 0 Å². The first-order valence-electron chi connectivity index (χ1n) is 11.0. The average Bonchev–Trinajstić information content (AvgIpc) is 3.47. The molecule has 7 aromatic rings. The van der Waals surface area contributed by atoms with Crippen LogP contribution in [0.4, 0.5) is 5.69 Å². The van der Waals surface area contributed by atoms with Gasteiger partial charge in [-0.15, -0.1) is 0 Å². The van der Waals surface area contributed by atoms with Crippen LogP contribution >= 0.6 is 0 Å². The number of nitrogen functional groups attached to an aromatic ring is 1. The number of para-hydroxylation sites is 1. The maximum atomic E-state index is 6.20. The molecule has 2 heterocycles. The number of fused-ring (bicyclic) bond motifs is 7. The van der Waals surface area contributed by atoms with Crippen molar-refractivity contribution in [1.82, 2.24) is 15.0 Å². The van der Waals surface area contributed by atoms with Gasteiger partial charge in [0.25, 0.3) is 0 Å². The lowest BCUT2D eigenvalue weighted by molar-refractivity contribution is 1.34. The third-order valence-corrected chi connectivity index (χ3v) is 6.49. The van der Waals surface area contributed by atoms with E-state index in [-0.39, 0.29) is 0 Å². The number of nitrogens with zero attached hydrogens (tertiary/aromatic N) is 1. The number of rotatable bonds is 2. The molecule has 0 radical (unpaired) electrons. The highest BCUT2D eigenvalue weighted by molar-refractivity contribution is 6.24. The predicted molar refractivity (Wildman–Crippen MR) is 138 cm³/mol. The summed E-state index contributed by atoms with van der Waals surface area (Å²) in [6.45, 7) is 0. The van der Waals surface area contributed by atoms with Crippen LogP contribution in [0.5, 0.6) is 0 Å². The van der Waals surface area contributed by atoms with Crippen LogP contribution in [0, 0.1) is 0 Å². The predicted octanol–water partition coefficient (Wildman–Crippen LogP) is 7.27. The number of hydrogen-bond acceptors (Lipinski definition) is 2. The molecule has 0 bridgehead atoms. The second-order valence-electron chi connectivity index (χ2n) is 8.45. The van der Waals surface area contributed by atoms with Crippen LogP contribution < -0.4 is 5.73 Å². The fourth-order valence-corrected chi connectivity index (χ4v) is 5.02. The highest BCUT2D eigenvalue weighted by Crippen LogP contribution is 2.40. The molecular weight excluding hydrogens is 404 g/mol. The summed E-state index contributed by atoms with van der Waals surface area (Å²) >= 11 is 0. The number of imidazole rings is 1. The maximum absolute atomic E-state index is 6.20. The smallest absolute Gasteiger partial charge is 0.141 e. The first kappa shape index (κ1) is 18.0. The number of anilines is 1. The van der Waals surface area contributed by atoms with Crippen LogP contribution in [0.1, 0.15) is 0 Å². The molecule has 7 rings (SSSR count). The van der Waals surface area contributed by atoms with Crippen LogP contribution in [-0.2, 0) is 0 Å². The number of aromatic amines is 2. The van der Waals surface area contributed by atoms with Crippen LogP contribution in [-0.4, -0.2) is 15.0 Å². The second-order valence-corrected chi connectivity index (χ2v) is 8.45. The lowest BCUT2D eigenvalue weighted by atomic mass is 9.99. The van der Waals surface area contributed by atoms with Gasteiger partial charge in [-0.1, -0.05) is 78.9 Å². The van der Waals surface area contributed by atoms with Crippen LogP contribution in [0.15, 0.2) is 97.1 Å². The van der Waals surface area contributed by atoms with Gasteiger partial charge < -0.3 is 15.7 Å². The minimum absolute atomic E-state index is 0.743. The van der Waals surface area contributed by atoms with E-state index < -0.39 is 0 Å². The molecule has 4 N–H and O–H groups in total. The zero-order chi connectivity index (χ0) is 21.9. The van der Waals surface area contributed by atoms with Crippen LogP contribution in [0.2, 0.25) is 0 Å². The van der Waals surface area contributed by atoms with Gasteiger partial charge in [0.2, 0.25) is 0 Å². The Balaban J connectivity index is 1.63. The number of H-pyrrole nitrogens is 2. The zero-order valence-corrected chi connectivity index (χ0v) is 17.8. The van der Waals surface area contributed by atoms with Gasteiger partial charge in [-0.25, -0.2) is 4.98 Å². The number of nitrogens with one attached hydrogen (secondary N) is 2. The summed E-state index contributed by atoms with van der Waals surface area (Å²) in [6.07, 6.45) is 0. The Labute approximate surface area is 189 Å². The van der Waals surface area contributed by atoms with E-state index in [1.807, 2.05) is 18.2 Å². The molecule has 0 spiro atoms. The summed E-state index contributed by atoms with van der Waals surface area (Å²) in [5.41, 5.74) is 13.3. The summed E-state index contributed by atoms with van der Waals surface area (Å²) in [7, 11) is 0. The van der Waals surface area contributed by atoms with Crippen molar-refractivity contribution in [1.29, 1.82) is 0 Å². The zero-order valence-electron chi connectivity index (χ0n) is 17.8. The summed E-state index contributed by atoms with van der Waals surface area (Å²) in [4.78, 5) is 12.5. The van der Waals surface area contributed by atoms with Gasteiger partial charge in [0.05, 0.1) is 22.3 Å². The van der Waals surface area contributed by atoms with Crippen LogP contribution in [0.3, 0.4) is 0 Å². The van der Waals surface area contributed by atoms with Crippen molar-refractivity contribution in [3.05, 3.63) is 97.1 Å². The SMILES string of the molecule is Nc1ccc2c3ccccc3c3nc(-c4c(-c5ccccc5)[nH]c5ccccc45)[nH]c3c2c1. The number of aromatic nitrogens is 3. The molecule has 0 aliphatic heterocycles. The van der Waals surface area contributed by atoms with Crippen molar-refractivity contribution in [2.75, 3.05) is 5.73 Å². The van der Waals surface area contributed by atoms with Gasteiger partial charge in [0, 0.05) is 27.4 Å². The fraction of sp³-hybridized carbons (Fsp3) is 0. The molecule has 0 amide bonds. The van der Waals surface area contributed by atoms with Crippen molar-refractivity contribution in [3.63, 3.8) is 0 Å². The third kappa shape index (κ3) is 2.61. The first-order valence-corrected chi connectivity index (χ1v) is 11.0. The number of nitrogens with two attached hydrogens (primary N) is 1.